The van der Waals surface area contributed by atoms with Gasteiger partial charge in [-0.1, -0.05) is 159 Å². The number of carbonyl (C=O) groups excluding carboxylic acids is 3. The van der Waals surface area contributed by atoms with E-state index in [2.05, 4.69) is 81.5 Å². The Kier molecular flexibility index (Phi) is 41.5. The van der Waals surface area contributed by atoms with E-state index in [1.807, 2.05) is 0 Å². The molecule has 6 nitrogen and oxygen atoms in total. The van der Waals surface area contributed by atoms with Crippen molar-refractivity contribution in [1.29, 1.82) is 0 Å². The van der Waals surface area contributed by atoms with Crippen molar-refractivity contribution in [1.82, 2.24) is 0 Å². The lowest BCUT2D eigenvalue weighted by Gasteiger charge is -2.18. The molecule has 0 N–H and O–H groups in total. The molecule has 0 heterocycles. The zero-order valence-corrected chi connectivity index (χ0v) is 35.9. The van der Waals surface area contributed by atoms with Crippen LogP contribution in [0.25, 0.3) is 0 Å². The highest BCUT2D eigenvalue weighted by molar-refractivity contribution is 5.71. The van der Waals surface area contributed by atoms with Crippen molar-refractivity contribution in [2.75, 3.05) is 13.2 Å². The van der Waals surface area contributed by atoms with Crippen molar-refractivity contribution >= 4 is 17.9 Å². The Morgan fingerprint density at radius 1 is 0.382 bits per heavy atom. The molecule has 0 rings (SSSR count). The third-order valence-electron chi connectivity index (χ3n) is 9.46. The van der Waals surface area contributed by atoms with Crippen LogP contribution in [0.2, 0.25) is 0 Å². The Labute approximate surface area is 339 Å². The van der Waals surface area contributed by atoms with Crippen molar-refractivity contribution in [2.45, 2.75) is 219 Å². The molecule has 0 aromatic carbocycles. The van der Waals surface area contributed by atoms with Gasteiger partial charge in [0.2, 0.25) is 0 Å². The van der Waals surface area contributed by atoms with Gasteiger partial charge in [-0.2, -0.15) is 0 Å². The lowest BCUT2D eigenvalue weighted by atomic mass is 10.1. The van der Waals surface area contributed by atoms with Gasteiger partial charge in [-0.15, -0.1) is 0 Å². The van der Waals surface area contributed by atoms with Crippen molar-refractivity contribution < 1.29 is 28.6 Å². The minimum atomic E-state index is -0.793. The van der Waals surface area contributed by atoms with Gasteiger partial charge >= 0.3 is 17.9 Å². The van der Waals surface area contributed by atoms with E-state index in [-0.39, 0.29) is 31.1 Å². The van der Waals surface area contributed by atoms with Crippen molar-refractivity contribution in [2.24, 2.45) is 0 Å². The number of carbonyl (C=O) groups is 3. The van der Waals surface area contributed by atoms with Crippen molar-refractivity contribution in [3.63, 3.8) is 0 Å². The molecule has 55 heavy (non-hydrogen) atoms. The van der Waals surface area contributed by atoms with E-state index in [0.29, 0.717) is 19.3 Å². The van der Waals surface area contributed by atoms with Gasteiger partial charge in [0, 0.05) is 19.3 Å². The van der Waals surface area contributed by atoms with Gasteiger partial charge in [-0.05, 0) is 96.3 Å². The first-order valence-electron chi connectivity index (χ1n) is 22.8. The second-order valence-electron chi connectivity index (χ2n) is 14.9. The summed E-state index contributed by atoms with van der Waals surface area (Å²) in [7, 11) is 0. The molecule has 0 aliphatic heterocycles. The van der Waals surface area contributed by atoms with Gasteiger partial charge in [-0.3, -0.25) is 14.4 Å². The van der Waals surface area contributed by atoms with Crippen LogP contribution in [-0.2, 0) is 28.6 Å². The fraction of sp³-hybridized carbons (Fsp3) is 0.735. The smallest absolute Gasteiger partial charge is 0.306 e. The van der Waals surface area contributed by atoms with E-state index in [9.17, 15) is 14.4 Å². The third-order valence-corrected chi connectivity index (χ3v) is 9.46. The van der Waals surface area contributed by atoms with Crippen LogP contribution in [0.1, 0.15) is 213 Å². The highest BCUT2D eigenvalue weighted by Gasteiger charge is 2.19. The zero-order chi connectivity index (χ0) is 40.1. The van der Waals surface area contributed by atoms with Gasteiger partial charge in [-0.25, -0.2) is 0 Å². The molecule has 0 aliphatic carbocycles. The average Bonchev–Trinajstić information content (AvgIpc) is 3.18. The molecule has 0 spiro atoms. The number of rotatable bonds is 40. The van der Waals surface area contributed by atoms with E-state index in [4.69, 9.17) is 14.2 Å². The van der Waals surface area contributed by atoms with Gasteiger partial charge < -0.3 is 14.2 Å². The number of hydrogen-bond acceptors (Lipinski definition) is 6. The maximum atomic E-state index is 12.7. The summed E-state index contributed by atoms with van der Waals surface area (Å²) < 4.78 is 16.7. The molecular weight excluding hydrogens is 685 g/mol. The van der Waals surface area contributed by atoms with E-state index in [1.54, 1.807) is 0 Å². The number of ether oxygens (including phenoxy) is 3. The fourth-order valence-corrected chi connectivity index (χ4v) is 6.04. The molecule has 1 atom stereocenters. The Morgan fingerprint density at radius 3 is 1.22 bits per heavy atom. The standard InChI is InChI=1S/C49H84O6/c1-4-7-10-13-16-19-22-24-26-27-30-33-36-39-42-48(51)54-45-46(44-53-47(50)41-38-35-32-29-21-18-15-12-9-6-3)55-49(52)43-40-37-34-31-28-25-23-20-17-14-11-8-5-2/h8,11-12,15,17,20,22,24-25,28,46H,4-7,9-10,13-14,16,18-19,21,23,26-27,29-45H2,1-3H3/b11-8-,15-12-,20-17-,24-22-,28-25-. The summed E-state index contributed by atoms with van der Waals surface area (Å²) in [5, 5.41) is 0. The zero-order valence-electron chi connectivity index (χ0n) is 35.9. The molecule has 0 radical (unpaired) electrons. The van der Waals surface area contributed by atoms with Crippen LogP contribution in [0.5, 0.6) is 0 Å². The van der Waals surface area contributed by atoms with Crippen LogP contribution in [0.4, 0.5) is 0 Å². The summed E-state index contributed by atoms with van der Waals surface area (Å²) in [4.78, 5) is 37.7. The molecule has 1 unspecified atom stereocenters. The normalized spacial score (nSPS) is 12.6. The molecule has 0 saturated heterocycles. The number of hydrogen-bond donors (Lipinski definition) is 0. The molecule has 0 aliphatic rings. The predicted octanol–water partition coefficient (Wildman–Crippen LogP) is 14.5. The van der Waals surface area contributed by atoms with E-state index >= 15 is 0 Å². The quantitative estimate of drug-likeness (QED) is 0.0267. The summed E-state index contributed by atoms with van der Waals surface area (Å²) in [6, 6.07) is 0. The van der Waals surface area contributed by atoms with Crippen molar-refractivity contribution in [3.8, 4) is 0 Å². The van der Waals surface area contributed by atoms with Gasteiger partial charge in [0.15, 0.2) is 6.10 Å². The van der Waals surface area contributed by atoms with Gasteiger partial charge in [0.25, 0.3) is 0 Å². The molecule has 6 heteroatoms. The molecule has 0 fully saturated rings. The van der Waals surface area contributed by atoms with Crippen LogP contribution in [-0.4, -0.2) is 37.2 Å². The summed E-state index contributed by atoms with van der Waals surface area (Å²) in [6.45, 7) is 6.39. The number of unbranched alkanes of at least 4 members (excludes halogenated alkanes) is 19. The molecule has 0 aromatic rings. The minimum absolute atomic E-state index is 0.0936. The Bertz CT molecular complexity index is 1020. The maximum Gasteiger partial charge on any atom is 0.306 e. The van der Waals surface area contributed by atoms with E-state index < -0.39 is 6.10 Å². The second-order valence-corrected chi connectivity index (χ2v) is 14.9. The fourth-order valence-electron chi connectivity index (χ4n) is 6.04. The first-order chi connectivity index (χ1) is 27.0. The molecule has 0 aromatic heterocycles. The molecular formula is C49H84O6. The summed E-state index contributed by atoms with van der Waals surface area (Å²) in [5.41, 5.74) is 0. The highest BCUT2D eigenvalue weighted by Crippen LogP contribution is 2.13. The topological polar surface area (TPSA) is 78.9 Å². The van der Waals surface area contributed by atoms with Crippen molar-refractivity contribution in [3.05, 3.63) is 60.8 Å². The lowest BCUT2D eigenvalue weighted by molar-refractivity contribution is -0.167. The first kappa shape index (κ1) is 52.1. The van der Waals surface area contributed by atoms with Gasteiger partial charge in [0.05, 0.1) is 0 Å². The second kappa shape index (κ2) is 43.8. The Balaban J connectivity index is 4.44. The SMILES string of the molecule is CC/C=C\C/C=C\C/C=C\CCCCCC(=O)OC(COC(=O)CCCCCCC/C=C\CCC)COC(=O)CCCCCCC/C=C\CCCCCCC. The maximum absolute atomic E-state index is 12.7. The van der Waals surface area contributed by atoms with Crippen LogP contribution < -0.4 is 0 Å². The predicted molar refractivity (Wildman–Crippen MR) is 233 cm³/mol. The summed E-state index contributed by atoms with van der Waals surface area (Å²) in [5.74, 6) is -0.946. The number of esters is 3. The molecule has 316 valence electrons. The minimum Gasteiger partial charge on any atom is -0.462 e. The van der Waals surface area contributed by atoms with Crippen LogP contribution in [0.15, 0.2) is 60.8 Å². The first-order valence-corrected chi connectivity index (χ1v) is 22.8. The van der Waals surface area contributed by atoms with Gasteiger partial charge in [0.1, 0.15) is 13.2 Å². The lowest BCUT2D eigenvalue weighted by Crippen LogP contribution is -2.30. The monoisotopic (exact) mass is 769 g/mol. The Morgan fingerprint density at radius 2 is 0.745 bits per heavy atom. The summed E-state index contributed by atoms with van der Waals surface area (Å²) >= 11 is 0. The third kappa shape index (κ3) is 42.1. The van der Waals surface area contributed by atoms with Crippen LogP contribution in [0.3, 0.4) is 0 Å². The number of allylic oxidation sites excluding steroid dienone is 10. The summed E-state index contributed by atoms with van der Waals surface area (Å²) in [6.07, 6.45) is 52.0. The molecule has 0 bridgehead atoms. The average molecular weight is 769 g/mol. The van der Waals surface area contributed by atoms with E-state index in [1.165, 1.54) is 64.2 Å². The van der Waals surface area contributed by atoms with E-state index in [0.717, 1.165) is 109 Å². The van der Waals surface area contributed by atoms with Crippen LogP contribution in [0, 0.1) is 0 Å². The largest absolute Gasteiger partial charge is 0.462 e. The molecule has 0 saturated carbocycles. The molecule has 0 amide bonds. The Hall–Kier alpha value is -2.89. The highest BCUT2D eigenvalue weighted by atomic mass is 16.6. The van der Waals surface area contributed by atoms with Crippen LogP contribution >= 0.6 is 0 Å².